The van der Waals surface area contributed by atoms with E-state index in [4.69, 9.17) is 0 Å². The van der Waals surface area contributed by atoms with E-state index in [2.05, 4.69) is 64.8 Å². The quantitative estimate of drug-likeness (QED) is 0.805. The van der Waals surface area contributed by atoms with Crippen LogP contribution in [0.5, 0.6) is 0 Å². The van der Waals surface area contributed by atoms with E-state index in [-0.39, 0.29) is 0 Å². The Morgan fingerprint density at radius 3 is 2.71 bits per heavy atom. The lowest BCUT2D eigenvalue weighted by atomic mass is 9.70. The van der Waals surface area contributed by atoms with Gasteiger partial charge >= 0.3 is 0 Å². The van der Waals surface area contributed by atoms with Crippen molar-refractivity contribution >= 4 is 28.6 Å². The lowest BCUT2D eigenvalue weighted by Crippen LogP contribution is -2.42. The lowest BCUT2D eigenvalue weighted by molar-refractivity contribution is 0.102. The summed E-state index contributed by atoms with van der Waals surface area (Å²) >= 11 is 8.04. The molecule has 0 radical (unpaired) electrons. The van der Waals surface area contributed by atoms with Crippen molar-refractivity contribution in [1.82, 2.24) is 4.90 Å². The van der Waals surface area contributed by atoms with Crippen molar-refractivity contribution in [1.29, 1.82) is 0 Å². The van der Waals surface area contributed by atoms with Gasteiger partial charge < -0.3 is 4.90 Å². The topological polar surface area (TPSA) is 3.24 Å². The van der Waals surface area contributed by atoms with Crippen LogP contribution in [0.1, 0.15) is 24.8 Å². The summed E-state index contributed by atoms with van der Waals surface area (Å²) in [6, 6.07) is 8.57. The highest BCUT2D eigenvalue weighted by Crippen LogP contribution is 2.42. The molecule has 94 valence electrons. The van der Waals surface area contributed by atoms with Gasteiger partial charge in [-0.1, -0.05) is 34.5 Å². The molecule has 1 aliphatic carbocycles. The molecular formula is C14H20BrNS. The maximum Gasteiger partial charge on any atom is 0.0231 e. The van der Waals surface area contributed by atoms with Gasteiger partial charge in [0.05, 0.1) is 0 Å². The van der Waals surface area contributed by atoms with Crippen molar-refractivity contribution in [3.05, 3.63) is 34.3 Å². The first kappa shape index (κ1) is 13.4. The molecule has 0 N–H and O–H groups in total. The van der Waals surface area contributed by atoms with Crippen LogP contribution in [0, 0.1) is 5.41 Å². The second-order valence-corrected chi connectivity index (χ2v) is 6.55. The van der Waals surface area contributed by atoms with Crippen molar-refractivity contribution in [2.24, 2.45) is 5.41 Å². The molecule has 0 bridgehead atoms. The first-order valence-corrected chi connectivity index (χ1v) is 7.60. The molecule has 0 unspecified atom stereocenters. The summed E-state index contributed by atoms with van der Waals surface area (Å²) in [5.74, 6) is 1.02. The number of hydrogen-bond donors (Lipinski definition) is 1. The van der Waals surface area contributed by atoms with E-state index in [0.717, 1.165) is 16.8 Å². The minimum absolute atomic E-state index is 0.490. The maximum atomic E-state index is 4.52. The van der Waals surface area contributed by atoms with Crippen molar-refractivity contribution in [2.75, 3.05) is 19.3 Å². The van der Waals surface area contributed by atoms with Gasteiger partial charge in [0.25, 0.3) is 0 Å². The second-order valence-electron chi connectivity index (χ2n) is 5.31. The Hall–Kier alpha value is 0.01000. The van der Waals surface area contributed by atoms with E-state index in [0.29, 0.717) is 5.41 Å². The molecule has 1 aliphatic rings. The van der Waals surface area contributed by atoms with Crippen LogP contribution >= 0.6 is 28.6 Å². The summed E-state index contributed by atoms with van der Waals surface area (Å²) < 4.78 is 1.16. The average Bonchev–Trinajstić information content (AvgIpc) is 2.23. The summed E-state index contributed by atoms with van der Waals surface area (Å²) in [7, 11) is 2.21. The van der Waals surface area contributed by atoms with Crippen molar-refractivity contribution in [3.63, 3.8) is 0 Å². The van der Waals surface area contributed by atoms with Crippen LogP contribution in [-0.2, 0) is 6.54 Å². The molecule has 1 saturated carbocycles. The highest BCUT2D eigenvalue weighted by molar-refractivity contribution is 9.10. The molecule has 2 rings (SSSR count). The van der Waals surface area contributed by atoms with Gasteiger partial charge in [-0.05, 0) is 48.8 Å². The fraction of sp³-hybridized carbons (Fsp3) is 0.571. The molecule has 3 heteroatoms. The number of thiol groups is 1. The van der Waals surface area contributed by atoms with E-state index >= 15 is 0 Å². The number of hydrogen-bond acceptors (Lipinski definition) is 2. The molecule has 17 heavy (non-hydrogen) atoms. The van der Waals surface area contributed by atoms with Gasteiger partial charge in [0.1, 0.15) is 0 Å². The van der Waals surface area contributed by atoms with Gasteiger partial charge in [0, 0.05) is 17.6 Å². The van der Waals surface area contributed by atoms with Crippen LogP contribution in [0.2, 0.25) is 0 Å². The number of halogens is 1. The zero-order chi connectivity index (χ0) is 12.3. The summed E-state index contributed by atoms with van der Waals surface area (Å²) in [6.07, 6.45) is 4.07. The standard InChI is InChI=1S/C14H20BrNS/c1-16(10-14(11-17)6-3-7-14)9-12-4-2-5-13(15)8-12/h2,4-5,8,17H,3,6-7,9-11H2,1H3. The highest BCUT2D eigenvalue weighted by Gasteiger charge is 2.36. The van der Waals surface area contributed by atoms with Gasteiger partial charge in [-0.15, -0.1) is 0 Å². The smallest absolute Gasteiger partial charge is 0.0231 e. The molecular weight excluding hydrogens is 294 g/mol. The summed E-state index contributed by atoms with van der Waals surface area (Å²) in [6.45, 7) is 2.19. The zero-order valence-electron chi connectivity index (χ0n) is 10.3. The first-order valence-electron chi connectivity index (χ1n) is 6.17. The van der Waals surface area contributed by atoms with E-state index in [1.165, 1.54) is 31.4 Å². The predicted molar refractivity (Wildman–Crippen MR) is 80.6 cm³/mol. The van der Waals surface area contributed by atoms with Crippen molar-refractivity contribution in [2.45, 2.75) is 25.8 Å². The molecule has 0 amide bonds. The van der Waals surface area contributed by atoms with E-state index in [9.17, 15) is 0 Å². The normalized spacial score (nSPS) is 18.1. The van der Waals surface area contributed by atoms with Gasteiger partial charge in [-0.2, -0.15) is 12.6 Å². The third kappa shape index (κ3) is 3.49. The molecule has 1 nitrogen and oxygen atoms in total. The van der Waals surface area contributed by atoms with Crippen LogP contribution in [0.4, 0.5) is 0 Å². The predicted octanol–water partition coefficient (Wildman–Crippen LogP) is 3.98. The van der Waals surface area contributed by atoms with Crippen LogP contribution in [0.25, 0.3) is 0 Å². The Labute approximate surface area is 118 Å². The third-order valence-electron chi connectivity index (χ3n) is 3.70. The van der Waals surface area contributed by atoms with Crippen molar-refractivity contribution < 1.29 is 0 Å². The Bertz CT molecular complexity index is 371. The Morgan fingerprint density at radius 2 is 2.18 bits per heavy atom. The SMILES string of the molecule is CN(Cc1cccc(Br)c1)CC1(CS)CCC1. The Balaban J connectivity index is 1.90. The second kappa shape index (κ2) is 5.77. The zero-order valence-corrected chi connectivity index (χ0v) is 12.8. The van der Waals surface area contributed by atoms with Crippen LogP contribution in [0.15, 0.2) is 28.7 Å². The van der Waals surface area contributed by atoms with Gasteiger partial charge in [-0.25, -0.2) is 0 Å². The first-order chi connectivity index (χ1) is 8.13. The average molecular weight is 314 g/mol. The monoisotopic (exact) mass is 313 g/mol. The largest absolute Gasteiger partial charge is 0.302 e. The fourth-order valence-corrected chi connectivity index (χ4v) is 3.48. The maximum absolute atomic E-state index is 4.52. The number of rotatable bonds is 5. The van der Waals surface area contributed by atoms with Crippen LogP contribution in [0.3, 0.4) is 0 Å². The van der Waals surface area contributed by atoms with Gasteiger partial charge in [0.2, 0.25) is 0 Å². The molecule has 1 aromatic rings. The van der Waals surface area contributed by atoms with E-state index in [1.807, 2.05) is 0 Å². The van der Waals surface area contributed by atoms with Gasteiger partial charge in [0.15, 0.2) is 0 Å². The molecule has 0 aromatic heterocycles. The fourth-order valence-electron chi connectivity index (χ4n) is 2.62. The molecule has 0 atom stereocenters. The molecule has 0 saturated heterocycles. The highest BCUT2D eigenvalue weighted by atomic mass is 79.9. The number of nitrogens with zero attached hydrogens (tertiary/aromatic N) is 1. The minimum Gasteiger partial charge on any atom is -0.302 e. The third-order valence-corrected chi connectivity index (χ3v) is 4.86. The van der Waals surface area contributed by atoms with E-state index < -0.39 is 0 Å². The van der Waals surface area contributed by atoms with Crippen molar-refractivity contribution in [3.8, 4) is 0 Å². The Kier molecular flexibility index (Phi) is 4.56. The van der Waals surface area contributed by atoms with E-state index in [1.54, 1.807) is 0 Å². The summed E-state index contributed by atoms with van der Waals surface area (Å²) in [5.41, 5.74) is 1.86. The molecule has 0 spiro atoms. The molecule has 1 fully saturated rings. The summed E-state index contributed by atoms with van der Waals surface area (Å²) in [5, 5.41) is 0. The minimum atomic E-state index is 0.490. The lowest BCUT2D eigenvalue weighted by Gasteiger charge is -2.43. The Morgan fingerprint density at radius 1 is 1.41 bits per heavy atom. The van der Waals surface area contributed by atoms with Crippen LogP contribution < -0.4 is 0 Å². The summed E-state index contributed by atoms with van der Waals surface area (Å²) in [4.78, 5) is 2.43. The van der Waals surface area contributed by atoms with Crippen LogP contribution in [-0.4, -0.2) is 24.2 Å². The molecule has 0 aliphatic heterocycles. The molecule has 0 heterocycles. The molecule has 1 aromatic carbocycles. The van der Waals surface area contributed by atoms with Gasteiger partial charge in [-0.3, -0.25) is 0 Å². The number of benzene rings is 1.